The van der Waals surface area contributed by atoms with E-state index in [1.165, 1.54) is 18.5 Å². The van der Waals surface area contributed by atoms with Crippen LogP contribution in [0.2, 0.25) is 0 Å². The largest absolute Gasteiger partial charge is 0.389 e. The first-order chi connectivity index (χ1) is 8.29. The molecule has 0 spiro atoms. The van der Waals surface area contributed by atoms with Crippen LogP contribution in [0.25, 0.3) is 0 Å². The minimum Gasteiger partial charge on any atom is -0.389 e. The van der Waals surface area contributed by atoms with Gasteiger partial charge in [0.25, 0.3) is 0 Å². The van der Waals surface area contributed by atoms with Crippen LogP contribution in [0.5, 0.6) is 5.75 Å². The van der Waals surface area contributed by atoms with Gasteiger partial charge in [-0.25, -0.2) is 0 Å². The number of hydrogen-bond donors (Lipinski definition) is 1. The average Bonchev–Trinajstić information content (AvgIpc) is 2.37. The highest BCUT2D eigenvalue weighted by Crippen LogP contribution is 2.31. The van der Waals surface area contributed by atoms with Gasteiger partial charge < -0.3 is 9.99 Å². The topological polar surface area (TPSA) is 38.7 Å². The van der Waals surface area contributed by atoms with Crippen LogP contribution in [0.3, 0.4) is 0 Å². The first kappa shape index (κ1) is 12.7. The summed E-state index contributed by atoms with van der Waals surface area (Å²) in [5.41, 5.74) is -0.567. The van der Waals surface area contributed by atoms with Crippen molar-refractivity contribution in [1.29, 1.82) is 0 Å². The van der Waals surface area contributed by atoms with Crippen molar-refractivity contribution in [1.82, 2.24) is 0 Å². The van der Waals surface area contributed by atoms with Crippen molar-refractivity contribution in [2.24, 2.45) is 0 Å². The summed E-state index contributed by atoms with van der Waals surface area (Å²) < 4.78 is 5.04. The summed E-state index contributed by atoms with van der Waals surface area (Å²) in [5.74, 6) is 1.25. The van der Waals surface area contributed by atoms with E-state index in [4.69, 9.17) is 9.22 Å². The second kappa shape index (κ2) is 6.28. The van der Waals surface area contributed by atoms with Crippen molar-refractivity contribution < 1.29 is 14.3 Å². The molecule has 0 aliphatic heterocycles. The third-order valence-corrected chi connectivity index (χ3v) is 3.85. The molecule has 1 aliphatic rings. The molecule has 0 bridgehead atoms. The Morgan fingerprint density at radius 3 is 2.53 bits per heavy atom. The molecule has 2 rings (SSSR count). The fourth-order valence-corrected chi connectivity index (χ4v) is 2.71. The zero-order valence-electron chi connectivity index (χ0n) is 9.80. The van der Waals surface area contributed by atoms with Gasteiger partial charge in [0, 0.05) is 12.0 Å². The molecule has 0 aromatic heterocycles. The normalized spacial score (nSPS) is 18.9. The third-order valence-electron chi connectivity index (χ3n) is 3.03. The molecule has 1 aromatic carbocycles. The summed E-state index contributed by atoms with van der Waals surface area (Å²) >= 11 is 1.18. The maximum atomic E-state index is 10.2. The van der Waals surface area contributed by atoms with E-state index in [9.17, 15) is 5.11 Å². The Bertz CT molecular complexity index is 323. The van der Waals surface area contributed by atoms with Crippen LogP contribution in [0.4, 0.5) is 0 Å². The van der Waals surface area contributed by atoms with E-state index < -0.39 is 5.60 Å². The molecule has 1 N–H and O–H groups in total. The Balaban J connectivity index is 1.66. The summed E-state index contributed by atoms with van der Waals surface area (Å²) in [7, 11) is 0. The Morgan fingerprint density at radius 2 is 1.82 bits per heavy atom. The highest BCUT2D eigenvalue weighted by atomic mass is 32.2. The molecule has 1 aromatic rings. The predicted molar refractivity (Wildman–Crippen MR) is 68.6 cm³/mol. The van der Waals surface area contributed by atoms with Crippen LogP contribution in [-0.2, 0) is 4.33 Å². The fourth-order valence-electron chi connectivity index (χ4n) is 2.03. The SMILES string of the molecule is OC1(CSOOc2ccccc2)CCCCC1. The highest BCUT2D eigenvalue weighted by Gasteiger charge is 2.29. The van der Waals surface area contributed by atoms with Crippen molar-refractivity contribution in [3.05, 3.63) is 30.3 Å². The van der Waals surface area contributed by atoms with Gasteiger partial charge in [0.05, 0.1) is 11.4 Å². The van der Waals surface area contributed by atoms with Gasteiger partial charge in [0.2, 0.25) is 0 Å². The first-order valence-corrected chi connectivity index (χ1v) is 6.93. The molecule has 0 amide bonds. The average molecular weight is 254 g/mol. The number of hydrogen-bond acceptors (Lipinski definition) is 4. The molecule has 0 atom stereocenters. The van der Waals surface area contributed by atoms with Crippen molar-refractivity contribution in [3.63, 3.8) is 0 Å². The van der Waals surface area contributed by atoms with E-state index in [0.29, 0.717) is 11.5 Å². The van der Waals surface area contributed by atoms with Gasteiger partial charge in [-0.2, -0.15) is 0 Å². The molecule has 1 saturated carbocycles. The van der Waals surface area contributed by atoms with E-state index >= 15 is 0 Å². The number of para-hydroxylation sites is 1. The van der Waals surface area contributed by atoms with Gasteiger partial charge in [-0.1, -0.05) is 37.5 Å². The molecule has 3 nitrogen and oxygen atoms in total. The number of aliphatic hydroxyl groups is 1. The summed E-state index contributed by atoms with van der Waals surface area (Å²) in [5, 5.41) is 10.2. The zero-order chi connectivity index (χ0) is 12.0. The second-order valence-corrected chi connectivity index (χ2v) is 5.17. The molecule has 17 heavy (non-hydrogen) atoms. The number of rotatable bonds is 5. The molecule has 4 heteroatoms. The summed E-state index contributed by atoms with van der Waals surface area (Å²) in [4.78, 5) is 5.09. The van der Waals surface area contributed by atoms with E-state index in [0.717, 1.165) is 25.7 Å². The van der Waals surface area contributed by atoms with E-state index in [-0.39, 0.29) is 0 Å². The van der Waals surface area contributed by atoms with Crippen LogP contribution < -0.4 is 4.89 Å². The lowest BCUT2D eigenvalue weighted by molar-refractivity contribution is -0.0800. The Hall–Kier alpha value is -0.710. The maximum absolute atomic E-state index is 10.2. The Labute approximate surface area is 106 Å². The molecule has 0 radical (unpaired) electrons. The van der Waals surface area contributed by atoms with Crippen molar-refractivity contribution in [3.8, 4) is 5.75 Å². The van der Waals surface area contributed by atoms with Crippen molar-refractivity contribution in [2.45, 2.75) is 37.7 Å². The molecular weight excluding hydrogens is 236 g/mol. The van der Waals surface area contributed by atoms with E-state index in [1.807, 2.05) is 30.3 Å². The molecule has 0 saturated heterocycles. The molecule has 1 fully saturated rings. The van der Waals surface area contributed by atoms with Gasteiger partial charge >= 0.3 is 0 Å². The standard InChI is InChI=1S/C13H18O3S/c14-13(9-5-2-6-10-13)11-17-16-15-12-7-3-1-4-8-12/h1,3-4,7-8,14H,2,5-6,9-11H2. The van der Waals surface area contributed by atoms with Crippen molar-refractivity contribution in [2.75, 3.05) is 5.75 Å². The van der Waals surface area contributed by atoms with Crippen LogP contribution in [0.1, 0.15) is 32.1 Å². The first-order valence-electron chi connectivity index (χ1n) is 6.02. The number of benzene rings is 1. The van der Waals surface area contributed by atoms with Gasteiger partial charge in [-0.15, -0.1) is 4.33 Å². The minimum atomic E-state index is -0.567. The van der Waals surface area contributed by atoms with Crippen LogP contribution in [0, 0.1) is 0 Å². The molecule has 0 unspecified atom stereocenters. The second-order valence-electron chi connectivity index (χ2n) is 4.51. The van der Waals surface area contributed by atoms with Gasteiger partial charge in [-0.3, -0.25) is 0 Å². The maximum Gasteiger partial charge on any atom is 0.166 e. The molecule has 94 valence electrons. The van der Waals surface area contributed by atoms with Gasteiger partial charge in [-0.05, 0) is 25.0 Å². The predicted octanol–water partition coefficient (Wildman–Crippen LogP) is 3.34. The van der Waals surface area contributed by atoms with Crippen LogP contribution in [-0.4, -0.2) is 16.5 Å². The summed E-state index contributed by atoms with van der Waals surface area (Å²) in [6, 6.07) is 9.35. The zero-order valence-corrected chi connectivity index (χ0v) is 10.6. The molecule has 0 heterocycles. The lowest BCUT2D eigenvalue weighted by Gasteiger charge is -2.30. The Morgan fingerprint density at radius 1 is 1.12 bits per heavy atom. The van der Waals surface area contributed by atoms with E-state index in [2.05, 4.69) is 0 Å². The summed E-state index contributed by atoms with van der Waals surface area (Å²) in [6.07, 6.45) is 5.19. The quantitative estimate of drug-likeness (QED) is 0.378. The Kier molecular flexibility index (Phi) is 4.71. The fraction of sp³-hybridized carbons (Fsp3) is 0.538. The molecule has 1 aliphatic carbocycles. The monoisotopic (exact) mass is 254 g/mol. The lowest BCUT2D eigenvalue weighted by atomic mass is 9.86. The minimum absolute atomic E-state index is 0.567. The molecular formula is C13H18O3S. The van der Waals surface area contributed by atoms with Crippen LogP contribution in [0.15, 0.2) is 30.3 Å². The highest BCUT2D eigenvalue weighted by molar-refractivity contribution is 7.94. The third kappa shape index (κ3) is 4.22. The summed E-state index contributed by atoms with van der Waals surface area (Å²) in [6.45, 7) is 0. The van der Waals surface area contributed by atoms with Crippen LogP contribution >= 0.6 is 12.0 Å². The van der Waals surface area contributed by atoms with Gasteiger partial charge in [0.15, 0.2) is 5.75 Å². The van der Waals surface area contributed by atoms with E-state index in [1.54, 1.807) is 0 Å². The smallest absolute Gasteiger partial charge is 0.166 e. The van der Waals surface area contributed by atoms with Gasteiger partial charge in [0.1, 0.15) is 0 Å². The lowest BCUT2D eigenvalue weighted by Crippen LogP contribution is -2.34. The van der Waals surface area contributed by atoms with Crippen molar-refractivity contribution >= 4 is 12.0 Å².